The van der Waals surface area contributed by atoms with Crippen molar-refractivity contribution in [2.45, 2.75) is 37.8 Å². The van der Waals surface area contributed by atoms with Gasteiger partial charge >= 0.3 is 0 Å². The van der Waals surface area contributed by atoms with Gasteiger partial charge in [-0.05, 0) is 31.4 Å². The van der Waals surface area contributed by atoms with E-state index in [-0.39, 0.29) is 18.1 Å². The number of aliphatic hydroxyl groups is 1. The molecule has 0 unspecified atom stereocenters. The van der Waals surface area contributed by atoms with E-state index in [1.807, 2.05) is 28.8 Å². The van der Waals surface area contributed by atoms with Gasteiger partial charge in [-0.1, -0.05) is 12.1 Å². The average Bonchev–Trinajstić information content (AvgIpc) is 2.84. The molecule has 1 aliphatic carbocycles. The Morgan fingerprint density at radius 1 is 1.40 bits per heavy atom. The summed E-state index contributed by atoms with van der Waals surface area (Å²) in [5, 5.41) is 12.3. The molecule has 20 heavy (non-hydrogen) atoms. The minimum absolute atomic E-state index is 0.00321. The van der Waals surface area contributed by atoms with Crippen molar-refractivity contribution in [3.05, 3.63) is 30.6 Å². The molecule has 2 N–H and O–H groups in total. The summed E-state index contributed by atoms with van der Waals surface area (Å²) in [6.45, 7) is 0.639. The smallest absolute Gasteiger partial charge is 0.222 e. The van der Waals surface area contributed by atoms with Gasteiger partial charge in [0.05, 0.1) is 29.5 Å². The summed E-state index contributed by atoms with van der Waals surface area (Å²) in [5.41, 5.74) is 1.63. The van der Waals surface area contributed by atoms with Crippen molar-refractivity contribution in [3.63, 3.8) is 0 Å². The standard InChI is InChI=1S/C15H19N3O2/c19-10-15(7-3-8-15)17-14(20)6-9-18-11-16-12-4-1-2-5-13(12)18/h1-2,4-5,11,19H,3,6-10H2,(H,17,20). The van der Waals surface area contributed by atoms with Gasteiger partial charge in [-0.2, -0.15) is 0 Å². The fourth-order valence-corrected chi connectivity index (χ4v) is 2.69. The highest BCUT2D eigenvalue weighted by atomic mass is 16.3. The maximum absolute atomic E-state index is 12.0. The first-order chi connectivity index (χ1) is 9.72. The first kappa shape index (κ1) is 13.1. The Balaban J connectivity index is 1.60. The second-order valence-corrected chi connectivity index (χ2v) is 5.52. The first-order valence-electron chi connectivity index (χ1n) is 7.04. The zero-order valence-electron chi connectivity index (χ0n) is 11.4. The zero-order valence-corrected chi connectivity index (χ0v) is 11.4. The van der Waals surface area contributed by atoms with Crippen LogP contribution in [0.3, 0.4) is 0 Å². The Kier molecular flexibility index (Phi) is 3.44. The molecule has 0 radical (unpaired) electrons. The van der Waals surface area contributed by atoms with Crippen LogP contribution in [-0.2, 0) is 11.3 Å². The third-order valence-corrected chi connectivity index (χ3v) is 4.13. The van der Waals surface area contributed by atoms with E-state index < -0.39 is 0 Å². The summed E-state index contributed by atoms with van der Waals surface area (Å²) in [6, 6.07) is 7.88. The molecule has 1 heterocycles. The summed E-state index contributed by atoms with van der Waals surface area (Å²) < 4.78 is 1.99. The van der Waals surface area contributed by atoms with Crippen LogP contribution in [0.15, 0.2) is 30.6 Å². The molecular weight excluding hydrogens is 254 g/mol. The van der Waals surface area contributed by atoms with E-state index in [2.05, 4.69) is 10.3 Å². The molecule has 0 bridgehead atoms. The number of nitrogens with zero attached hydrogens (tertiary/aromatic N) is 2. The minimum Gasteiger partial charge on any atom is -0.394 e. The van der Waals surface area contributed by atoms with Gasteiger partial charge in [-0.25, -0.2) is 4.98 Å². The molecule has 1 amide bonds. The van der Waals surface area contributed by atoms with Gasteiger partial charge in [-0.15, -0.1) is 0 Å². The number of rotatable bonds is 5. The van der Waals surface area contributed by atoms with Crippen molar-refractivity contribution in [2.75, 3.05) is 6.61 Å². The Morgan fingerprint density at radius 3 is 2.90 bits per heavy atom. The van der Waals surface area contributed by atoms with Crippen molar-refractivity contribution in [1.82, 2.24) is 14.9 Å². The molecule has 0 aliphatic heterocycles. The molecule has 1 aromatic heterocycles. The molecule has 3 rings (SSSR count). The molecule has 2 aromatic rings. The van der Waals surface area contributed by atoms with E-state index in [0.29, 0.717) is 13.0 Å². The lowest BCUT2D eigenvalue weighted by Crippen LogP contribution is -2.56. The predicted octanol–water partition coefficient (Wildman–Crippen LogP) is 1.46. The quantitative estimate of drug-likeness (QED) is 0.866. The van der Waals surface area contributed by atoms with E-state index in [4.69, 9.17) is 0 Å². The number of hydrogen-bond acceptors (Lipinski definition) is 3. The molecule has 0 spiro atoms. The molecule has 106 valence electrons. The number of fused-ring (bicyclic) bond motifs is 1. The predicted molar refractivity (Wildman–Crippen MR) is 76.2 cm³/mol. The number of benzene rings is 1. The summed E-state index contributed by atoms with van der Waals surface area (Å²) in [6.07, 6.45) is 5.00. The van der Waals surface area contributed by atoms with Crippen LogP contribution in [0.5, 0.6) is 0 Å². The van der Waals surface area contributed by atoms with Crippen LogP contribution in [0.1, 0.15) is 25.7 Å². The van der Waals surface area contributed by atoms with Crippen LogP contribution in [0, 0.1) is 0 Å². The van der Waals surface area contributed by atoms with Crippen LogP contribution in [-0.4, -0.2) is 32.7 Å². The first-order valence-corrected chi connectivity index (χ1v) is 7.04. The van der Waals surface area contributed by atoms with Gasteiger partial charge in [0.1, 0.15) is 0 Å². The lowest BCUT2D eigenvalue weighted by Gasteiger charge is -2.41. The largest absolute Gasteiger partial charge is 0.394 e. The molecule has 1 aromatic carbocycles. The Hall–Kier alpha value is -1.88. The van der Waals surface area contributed by atoms with E-state index in [9.17, 15) is 9.90 Å². The van der Waals surface area contributed by atoms with Gasteiger partial charge in [0.2, 0.25) is 5.91 Å². The van der Waals surface area contributed by atoms with Crippen molar-refractivity contribution in [2.24, 2.45) is 0 Å². The average molecular weight is 273 g/mol. The van der Waals surface area contributed by atoms with Crippen molar-refractivity contribution in [3.8, 4) is 0 Å². The molecule has 1 saturated carbocycles. The Morgan fingerprint density at radius 2 is 2.20 bits per heavy atom. The number of carbonyl (C=O) groups excluding carboxylic acids is 1. The maximum atomic E-state index is 12.0. The Labute approximate surface area is 117 Å². The second-order valence-electron chi connectivity index (χ2n) is 5.52. The SMILES string of the molecule is O=C(CCn1cnc2ccccc21)NC1(CO)CCC1. The number of aromatic nitrogens is 2. The highest BCUT2D eigenvalue weighted by Crippen LogP contribution is 2.31. The summed E-state index contributed by atoms with van der Waals surface area (Å²) in [4.78, 5) is 16.3. The normalized spacial score (nSPS) is 16.9. The monoisotopic (exact) mass is 273 g/mol. The highest BCUT2D eigenvalue weighted by Gasteiger charge is 2.37. The topological polar surface area (TPSA) is 67.2 Å². The number of amides is 1. The zero-order chi connectivity index (χ0) is 14.0. The van der Waals surface area contributed by atoms with Gasteiger partial charge in [0.25, 0.3) is 0 Å². The van der Waals surface area contributed by atoms with Crippen LogP contribution >= 0.6 is 0 Å². The number of aryl methyl sites for hydroxylation is 1. The highest BCUT2D eigenvalue weighted by molar-refractivity contribution is 5.78. The molecule has 1 aliphatic rings. The van der Waals surface area contributed by atoms with E-state index >= 15 is 0 Å². The molecular formula is C15H19N3O2. The minimum atomic E-state index is -0.353. The lowest BCUT2D eigenvalue weighted by molar-refractivity contribution is -0.125. The summed E-state index contributed by atoms with van der Waals surface area (Å²) in [5.74, 6) is -0.00321. The van der Waals surface area contributed by atoms with Gasteiger partial charge in [-0.3, -0.25) is 4.79 Å². The van der Waals surface area contributed by atoms with E-state index in [1.165, 1.54) is 0 Å². The van der Waals surface area contributed by atoms with E-state index in [0.717, 1.165) is 30.3 Å². The van der Waals surface area contributed by atoms with E-state index in [1.54, 1.807) is 6.33 Å². The van der Waals surface area contributed by atoms with Crippen LogP contribution in [0.25, 0.3) is 11.0 Å². The van der Waals surface area contributed by atoms with Crippen molar-refractivity contribution in [1.29, 1.82) is 0 Å². The summed E-state index contributed by atoms with van der Waals surface area (Å²) >= 11 is 0. The molecule has 0 saturated heterocycles. The van der Waals surface area contributed by atoms with Gasteiger partial charge in [0, 0.05) is 13.0 Å². The Bertz CT molecular complexity index is 611. The van der Waals surface area contributed by atoms with Crippen LogP contribution in [0.2, 0.25) is 0 Å². The number of hydrogen-bond donors (Lipinski definition) is 2. The number of carbonyl (C=O) groups is 1. The van der Waals surface area contributed by atoms with Crippen LogP contribution in [0.4, 0.5) is 0 Å². The number of nitrogens with one attached hydrogen (secondary N) is 1. The third-order valence-electron chi connectivity index (χ3n) is 4.13. The summed E-state index contributed by atoms with van der Waals surface area (Å²) in [7, 11) is 0. The molecule has 0 atom stereocenters. The van der Waals surface area contributed by atoms with Crippen molar-refractivity contribution < 1.29 is 9.90 Å². The molecule has 5 heteroatoms. The van der Waals surface area contributed by atoms with Gasteiger partial charge in [0.15, 0.2) is 0 Å². The molecule has 1 fully saturated rings. The number of aliphatic hydroxyl groups excluding tert-OH is 1. The molecule has 5 nitrogen and oxygen atoms in total. The second kappa shape index (κ2) is 5.25. The number of imidazole rings is 1. The van der Waals surface area contributed by atoms with Crippen LogP contribution < -0.4 is 5.32 Å². The van der Waals surface area contributed by atoms with Crippen molar-refractivity contribution >= 4 is 16.9 Å². The third kappa shape index (κ3) is 2.41. The lowest BCUT2D eigenvalue weighted by atomic mass is 9.77. The fraction of sp³-hybridized carbons (Fsp3) is 0.467. The number of para-hydroxylation sites is 2. The fourth-order valence-electron chi connectivity index (χ4n) is 2.69. The van der Waals surface area contributed by atoms with Gasteiger partial charge < -0.3 is 15.0 Å². The maximum Gasteiger partial charge on any atom is 0.222 e.